The van der Waals surface area contributed by atoms with Crippen molar-refractivity contribution in [1.29, 1.82) is 0 Å². The van der Waals surface area contributed by atoms with Gasteiger partial charge in [-0.25, -0.2) is 13.4 Å². The van der Waals surface area contributed by atoms with Gasteiger partial charge < -0.3 is 19.3 Å². The standard InChI is InChI=1S/C27H35N5O4S/c1-3-4-18-36-25-20-23-22(19-24(25)35-2)26(29-27(28-23)31-12-8-9-13-31)30-14-16-32(17-15-30)37(33,34)21-10-6-5-7-11-21/h5-7,10-11,19-20H,3-4,8-9,12-18H2,1-2H3. The normalized spacial score (nSPS) is 16.9. The average molecular weight is 526 g/mol. The van der Waals surface area contributed by atoms with Crippen molar-refractivity contribution in [3.63, 3.8) is 0 Å². The van der Waals surface area contributed by atoms with Gasteiger partial charge in [-0.15, -0.1) is 0 Å². The summed E-state index contributed by atoms with van der Waals surface area (Å²) in [6.07, 6.45) is 4.26. The predicted octanol–water partition coefficient (Wildman–Crippen LogP) is 3.93. The molecule has 0 amide bonds. The first-order valence-corrected chi connectivity index (χ1v) is 14.5. The minimum atomic E-state index is -3.53. The lowest BCUT2D eigenvalue weighted by atomic mass is 10.2. The molecular weight excluding hydrogens is 490 g/mol. The van der Waals surface area contributed by atoms with Gasteiger partial charge in [0.05, 0.1) is 24.1 Å². The van der Waals surface area contributed by atoms with Crippen molar-refractivity contribution in [3.8, 4) is 11.5 Å². The van der Waals surface area contributed by atoms with Crippen molar-refractivity contribution < 1.29 is 17.9 Å². The molecule has 0 bridgehead atoms. The smallest absolute Gasteiger partial charge is 0.243 e. The highest BCUT2D eigenvalue weighted by molar-refractivity contribution is 7.89. The zero-order chi connectivity index (χ0) is 25.8. The van der Waals surface area contributed by atoms with Crippen molar-refractivity contribution >= 4 is 32.7 Å². The molecule has 0 N–H and O–H groups in total. The molecule has 0 radical (unpaired) electrons. The number of ether oxygens (including phenoxy) is 2. The van der Waals surface area contributed by atoms with Crippen LogP contribution < -0.4 is 19.3 Å². The molecule has 0 atom stereocenters. The molecular formula is C27H35N5O4S. The fourth-order valence-corrected chi connectivity index (χ4v) is 6.33. The van der Waals surface area contributed by atoms with Gasteiger partial charge in [0.15, 0.2) is 11.5 Å². The molecule has 10 heteroatoms. The van der Waals surface area contributed by atoms with Crippen LogP contribution in [0.3, 0.4) is 0 Å². The monoisotopic (exact) mass is 525 g/mol. The maximum Gasteiger partial charge on any atom is 0.243 e. The minimum absolute atomic E-state index is 0.326. The second-order valence-electron chi connectivity index (χ2n) is 9.47. The first kappa shape index (κ1) is 25.5. The highest BCUT2D eigenvalue weighted by Crippen LogP contribution is 2.37. The Morgan fingerprint density at radius 2 is 1.62 bits per heavy atom. The van der Waals surface area contributed by atoms with Gasteiger partial charge in [-0.1, -0.05) is 31.5 Å². The number of sulfonamides is 1. The van der Waals surface area contributed by atoms with E-state index in [2.05, 4.69) is 16.7 Å². The van der Waals surface area contributed by atoms with E-state index in [1.165, 1.54) is 0 Å². The molecule has 2 aliphatic heterocycles. The van der Waals surface area contributed by atoms with E-state index < -0.39 is 10.0 Å². The number of unbranched alkanes of at least 4 members (excludes halogenated alkanes) is 1. The number of rotatable bonds is 9. The highest BCUT2D eigenvalue weighted by Gasteiger charge is 2.30. The molecule has 2 fully saturated rings. The summed E-state index contributed by atoms with van der Waals surface area (Å²) < 4.78 is 39.6. The largest absolute Gasteiger partial charge is 0.493 e. The molecule has 5 rings (SSSR count). The maximum atomic E-state index is 13.1. The average Bonchev–Trinajstić information content (AvgIpc) is 3.48. The number of methoxy groups -OCH3 is 1. The fourth-order valence-electron chi connectivity index (χ4n) is 4.89. The summed E-state index contributed by atoms with van der Waals surface area (Å²) >= 11 is 0. The van der Waals surface area contributed by atoms with Gasteiger partial charge in [0.2, 0.25) is 16.0 Å². The Hall–Kier alpha value is -3.11. The molecule has 3 aromatic rings. The summed E-state index contributed by atoms with van der Waals surface area (Å²) in [6, 6.07) is 12.5. The quantitative estimate of drug-likeness (QED) is 0.389. The Bertz CT molecular complexity index is 1320. The topological polar surface area (TPSA) is 88.1 Å². The van der Waals surface area contributed by atoms with Crippen LogP contribution in [0.4, 0.5) is 11.8 Å². The molecule has 0 saturated carbocycles. The molecule has 2 aromatic carbocycles. The number of aromatic nitrogens is 2. The molecule has 2 saturated heterocycles. The second kappa shape index (κ2) is 11.1. The highest BCUT2D eigenvalue weighted by atomic mass is 32.2. The van der Waals surface area contributed by atoms with E-state index in [9.17, 15) is 8.42 Å². The van der Waals surface area contributed by atoms with Crippen molar-refractivity contribution in [2.24, 2.45) is 0 Å². The first-order chi connectivity index (χ1) is 18.0. The molecule has 2 aliphatic rings. The lowest BCUT2D eigenvalue weighted by Crippen LogP contribution is -2.49. The van der Waals surface area contributed by atoms with Gasteiger partial charge in [-0.3, -0.25) is 0 Å². The second-order valence-corrected chi connectivity index (χ2v) is 11.4. The van der Waals surface area contributed by atoms with Crippen LogP contribution >= 0.6 is 0 Å². The van der Waals surface area contributed by atoms with E-state index >= 15 is 0 Å². The third-order valence-electron chi connectivity index (χ3n) is 7.01. The lowest BCUT2D eigenvalue weighted by Gasteiger charge is -2.35. The van der Waals surface area contributed by atoms with E-state index in [1.807, 2.05) is 18.2 Å². The number of benzene rings is 2. The Morgan fingerprint density at radius 1 is 0.892 bits per heavy atom. The van der Waals surface area contributed by atoms with Crippen molar-refractivity contribution in [2.75, 3.05) is 62.8 Å². The van der Waals surface area contributed by atoms with Crippen LogP contribution in [0.1, 0.15) is 32.6 Å². The summed E-state index contributed by atoms with van der Waals surface area (Å²) in [6.45, 7) is 6.46. The number of anilines is 2. The Labute approximate surface area is 219 Å². The third kappa shape index (κ3) is 5.31. The van der Waals surface area contributed by atoms with Crippen LogP contribution in [0.25, 0.3) is 10.9 Å². The number of hydrogen-bond acceptors (Lipinski definition) is 8. The predicted molar refractivity (Wildman–Crippen MR) is 145 cm³/mol. The summed E-state index contributed by atoms with van der Waals surface area (Å²) in [5.74, 6) is 2.85. The summed E-state index contributed by atoms with van der Waals surface area (Å²) in [5.41, 5.74) is 0.804. The number of nitrogens with zero attached hydrogens (tertiary/aromatic N) is 5. The van der Waals surface area contributed by atoms with Crippen molar-refractivity contribution in [2.45, 2.75) is 37.5 Å². The summed E-state index contributed by atoms with van der Waals surface area (Å²) in [4.78, 5) is 14.6. The molecule has 0 unspecified atom stereocenters. The molecule has 9 nitrogen and oxygen atoms in total. The SMILES string of the molecule is CCCCOc1cc2nc(N3CCCC3)nc(N3CCN(S(=O)(=O)c4ccccc4)CC3)c2cc1OC. The third-order valence-corrected chi connectivity index (χ3v) is 8.93. The van der Waals surface area contributed by atoms with Crippen LogP contribution in [0.2, 0.25) is 0 Å². The molecule has 198 valence electrons. The Balaban J connectivity index is 1.47. The minimum Gasteiger partial charge on any atom is -0.493 e. The van der Waals surface area contributed by atoms with Crippen molar-refractivity contribution in [1.82, 2.24) is 14.3 Å². The molecule has 0 aliphatic carbocycles. The van der Waals surface area contributed by atoms with E-state index in [-0.39, 0.29) is 0 Å². The van der Waals surface area contributed by atoms with Crippen LogP contribution in [-0.4, -0.2) is 75.7 Å². The van der Waals surface area contributed by atoms with Crippen LogP contribution in [-0.2, 0) is 10.0 Å². The maximum absolute atomic E-state index is 13.1. The zero-order valence-corrected chi connectivity index (χ0v) is 22.4. The zero-order valence-electron chi connectivity index (χ0n) is 21.6. The summed E-state index contributed by atoms with van der Waals surface area (Å²) in [7, 11) is -1.89. The van der Waals surface area contributed by atoms with Gasteiger partial charge in [0, 0.05) is 50.7 Å². The number of hydrogen-bond donors (Lipinski definition) is 0. The molecule has 37 heavy (non-hydrogen) atoms. The van der Waals surface area contributed by atoms with Crippen LogP contribution in [0.5, 0.6) is 11.5 Å². The number of fused-ring (bicyclic) bond motifs is 1. The van der Waals surface area contributed by atoms with Gasteiger partial charge in [-0.2, -0.15) is 9.29 Å². The Kier molecular flexibility index (Phi) is 7.66. The van der Waals surface area contributed by atoms with E-state index in [0.29, 0.717) is 55.1 Å². The van der Waals surface area contributed by atoms with Crippen LogP contribution in [0, 0.1) is 0 Å². The molecule has 3 heterocycles. The Morgan fingerprint density at radius 3 is 2.30 bits per heavy atom. The van der Waals surface area contributed by atoms with E-state index in [4.69, 9.17) is 19.4 Å². The van der Waals surface area contributed by atoms with E-state index in [0.717, 1.165) is 55.5 Å². The van der Waals surface area contributed by atoms with Gasteiger partial charge in [-0.05, 0) is 37.5 Å². The van der Waals surface area contributed by atoms with Crippen molar-refractivity contribution in [3.05, 3.63) is 42.5 Å². The fraction of sp³-hybridized carbons (Fsp3) is 0.481. The van der Waals surface area contributed by atoms with Crippen LogP contribution in [0.15, 0.2) is 47.4 Å². The molecule has 0 spiro atoms. The first-order valence-electron chi connectivity index (χ1n) is 13.1. The van der Waals surface area contributed by atoms with Gasteiger partial charge in [0.25, 0.3) is 0 Å². The van der Waals surface area contributed by atoms with Gasteiger partial charge in [0.1, 0.15) is 5.82 Å². The summed E-state index contributed by atoms with van der Waals surface area (Å²) in [5, 5.41) is 0.877. The number of piperazine rings is 1. The van der Waals surface area contributed by atoms with Gasteiger partial charge >= 0.3 is 0 Å². The molecule has 1 aromatic heterocycles. The lowest BCUT2D eigenvalue weighted by molar-refractivity contribution is 0.289. The van der Waals surface area contributed by atoms with E-state index in [1.54, 1.807) is 35.7 Å².